The van der Waals surface area contributed by atoms with Crippen molar-refractivity contribution >= 4 is 11.4 Å². The quantitative estimate of drug-likeness (QED) is 0.745. The molecule has 0 saturated heterocycles. The molecule has 0 radical (unpaired) electrons. The predicted molar refractivity (Wildman–Crippen MR) is 92.5 cm³/mol. The standard InChI is InChI=1S/C18H19N3O4/c1-23-15-9-17(25-3)16(24-2)8-12(15)10-19-18(22)13-11-20-21-7-5-4-6-14(13)21/h4-9,11H,10H2,1-3H3,(H,19,22). The molecule has 0 spiro atoms. The number of aromatic nitrogens is 2. The maximum atomic E-state index is 12.5. The van der Waals surface area contributed by atoms with Gasteiger partial charge in [0, 0.05) is 24.4 Å². The first-order valence-electron chi connectivity index (χ1n) is 7.67. The number of carbonyl (C=O) groups is 1. The maximum absolute atomic E-state index is 12.5. The lowest BCUT2D eigenvalue weighted by molar-refractivity contribution is 0.0952. The van der Waals surface area contributed by atoms with E-state index in [2.05, 4.69) is 10.4 Å². The Morgan fingerprint density at radius 1 is 1.08 bits per heavy atom. The summed E-state index contributed by atoms with van der Waals surface area (Å²) in [6.07, 6.45) is 3.35. The fraction of sp³-hybridized carbons (Fsp3) is 0.222. The smallest absolute Gasteiger partial charge is 0.255 e. The van der Waals surface area contributed by atoms with Crippen LogP contribution in [0.2, 0.25) is 0 Å². The molecule has 2 aromatic heterocycles. The van der Waals surface area contributed by atoms with Crippen LogP contribution in [0.5, 0.6) is 17.2 Å². The van der Waals surface area contributed by atoms with Crippen LogP contribution in [-0.4, -0.2) is 36.9 Å². The summed E-state index contributed by atoms with van der Waals surface area (Å²) in [6.45, 7) is 0.284. The number of ether oxygens (including phenoxy) is 3. The lowest BCUT2D eigenvalue weighted by Crippen LogP contribution is -2.23. The fourth-order valence-corrected chi connectivity index (χ4v) is 2.61. The number of hydrogen-bond acceptors (Lipinski definition) is 5. The van der Waals surface area contributed by atoms with Gasteiger partial charge in [-0.05, 0) is 18.2 Å². The van der Waals surface area contributed by atoms with E-state index in [0.717, 1.165) is 11.1 Å². The van der Waals surface area contributed by atoms with Gasteiger partial charge in [0.1, 0.15) is 5.75 Å². The summed E-state index contributed by atoms with van der Waals surface area (Å²) in [4.78, 5) is 12.5. The summed E-state index contributed by atoms with van der Waals surface area (Å²) >= 11 is 0. The van der Waals surface area contributed by atoms with Crippen molar-refractivity contribution in [3.63, 3.8) is 0 Å². The highest BCUT2D eigenvalue weighted by atomic mass is 16.5. The molecule has 7 heteroatoms. The van der Waals surface area contributed by atoms with Crippen LogP contribution in [0.25, 0.3) is 5.52 Å². The Hall–Kier alpha value is -3.22. The van der Waals surface area contributed by atoms with Crippen molar-refractivity contribution in [2.75, 3.05) is 21.3 Å². The highest BCUT2D eigenvalue weighted by Crippen LogP contribution is 2.34. The van der Waals surface area contributed by atoms with Gasteiger partial charge in [-0.1, -0.05) is 6.07 Å². The van der Waals surface area contributed by atoms with E-state index >= 15 is 0 Å². The normalized spacial score (nSPS) is 10.5. The molecule has 0 unspecified atom stereocenters. The number of carbonyl (C=O) groups excluding carboxylic acids is 1. The Labute approximate surface area is 145 Å². The van der Waals surface area contributed by atoms with Crippen molar-refractivity contribution in [3.05, 3.63) is 53.9 Å². The molecule has 3 rings (SSSR count). The van der Waals surface area contributed by atoms with E-state index < -0.39 is 0 Å². The van der Waals surface area contributed by atoms with Gasteiger partial charge in [0.15, 0.2) is 11.5 Å². The molecular formula is C18H19N3O4. The average molecular weight is 341 g/mol. The zero-order valence-electron chi connectivity index (χ0n) is 14.3. The summed E-state index contributed by atoms with van der Waals surface area (Å²) < 4.78 is 17.6. The third-order valence-electron chi connectivity index (χ3n) is 3.90. The maximum Gasteiger partial charge on any atom is 0.255 e. The summed E-state index contributed by atoms with van der Waals surface area (Å²) in [5, 5.41) is 7.06. The predicted octanol–water partition coefficient (Wildman–Crippen LogP) is 2.29. The van der Waals surface area contributed by atoms with Gasteiger partial charge in [0.2, 0.25) is 0 Å². The van der Waals surface area contributed by atoms with Gasteiger partial charge in [0.25, 0.3) is 5.91 Å². The highest BCUT2D eigenvalue weighted by molar-refractivity contribution is 6.00. The minimum absolute atomic E-state index is 0.210. The van der Waals surface area contributed by atoms with Gasteiger partial charge in [-0.3, -0.25) is 4.79 Å². The number of benzene rings is 1. The minimum Gasteiger partial charge on any atom is -0.496 e. The Morgan fingerprint density at radius 3 is 2.52 bits per heavy atom. The topological polar surface area (TPSA) is 74.1 Å². The SMILES string of the molecule is COc1cc(OC)c(OC)cc1CNC(=O)c1cnn2ccccc12. The molecule has 3 aromatic rings. The van der Waals surface area contributed by atoms with Gasteiger partial charge in [-0.25, -0.2) is 4.52 Å². The molecule has 0 aliphatic rings. The molecule has 0 atom stereocenters. The van der Waals surface area contributed by atoms with Gasteiger partial charge in [-0.2, -0.15) is 5.10 Å². The van der Waals surface area contributed by atoms with E-state index in [1.165, 1.54) is 0 Å². The van der Waals surface area contributed by atoms with Crippen LogP contribution in [0.1, 0.15) is 15.9 Å². The molecule has 1 amide bonds. The highest BCUT2D eigenvalue weighted by Gasteiger charge is 2.15. The van der Waals surface area contributed by atoms with Crippen LogP contribution in [0.15, 0.2) is 42.7 Å². The van der Waals surface area contributed by atoms with Crippen molar-refractivity contribution in [2.45, 2.75) is 6.54 Å². The van der Waals surface area contributed by atoms with Gasteiger partial charge in [0.05, 0.1) is 38.6 Å². The number of hydrogen-bond donors (Lipinski definition) is 1. The second kappa shape index (κ2) is 7.12. The molecular weight excluding hydrogens is 322 g/mol. The van der Waals surface area contributed by atoms with Gasteiger partial charge in [-0.15, -0.1) is 0 Å². The molecule has 7 nitrogen and oxygen atoms in total. The van der Waals surface area contributed by atoms with Gasteiger partial charge < -0.3 is 19.5 Å². The van der Waals surface area contributed by atoms with Crippen LogP contribution in [0.4, 0.5) is 0 Å². The van der Waals surface area contributed by atoms with E-state index in [4.69, 9.17) is 14.2 Å². The summed E-state index contributed by atoms with van der Waals surface area (Å²) in [6, 6.07) is 9.09. The largest absolute Gasteiger partial charge is 0.496 e. The van der Waals surface area contributed by atoms with Gasteiger partial charge >= 0.3 is 0 Å². The third-order valence-corrected chi connectivity index (χ3v) is 3.90. The fourth-order valence-electron chi connectivity index (χ4n) is 2.61. The first kappa shape index (κ1) is 16.6. The second-order valence-corrected chi connectivity index (χ2v) is 5.29. The minimum atomic E-state index is -0.210. The van der Waals surface area contributed by atoms with E-state index in [1.807, 2.05) is 18.2 Å². The summed E-state index contributed by atoms with van der Waals surface area (Å²) in [5.41, 5.74) is 2.05. The summed E-state index contributed by atoms with van der Waals surface area (Å²) in [7, 11) is 4.69. The van der Waals surface area contributed by atoms with Crippen molar-refractivity contribution < 1.29 is 19.0 Å². The van der Waals surface area contributed by atoms with Crippen molar-refractivity contribution in [3.8, 4) is 17.2 Å². The molecule has 0 fully saturated rings. The van der Waals surface area contributed by atoms with E-state index in [0.29, 0.717) is 22.8 Å². The first-order valence-corrected chi connectivity index (χ1v) is 7.67. The van der Waals surface area contributed by atoms with Crippen molar-refractivity contribution in [2.24, 2.45) is 0 Å². The van der Waals surface area contributed by atoms with E-state index in [9.17, 15) is 4.79 Å². The number of nitrogens with one attached hydrogen (secondary N) is 1. The monoisotopic (exact) mass is 341 g/mol. The molecule has 0 saturated carbocycles. The zero-order chi connectivity index (χ0) is 17.8. The molecule has 1 N–H and O–H groups in total. The molecule has 0 bridgehead atoms. The van der Waals surface area contributed by atoms with Crippen LogP contribution < -0.4 is 19.5 Å². The lowest BCUT2D eigenvalue weighted by Gasteiger charge is -2.14. The Bertz CT molecular complexity index is 904. The molecule has 2 heterocycles. The molecule has 130 valence electrons. The number of rotatable bonds is 6. The van der Waals surface area contributed by atoms with Crippen LogP contribution in [0.3, 0.4) is 0 Å². The van der Waals surface area contributed by atoms with E-state index in [1.54, 1.807) is 50.4 Å². The Kier molecular flexibility index (Phi) is 4.74. The van der Waals surface area contributed by atoms with Crippen LogP contribution in [0, 0.1) is 0 Å². The number of fused-ring (bicyclic) bond motifs is 1. The van der Waals surface area contributed by atoms with Crippen LogP contribution in [-0.2, 0) is 6.54 Å². The van der Waals surface area contributed by atoms with Crippen molar-refractivity contribution in [1.82, 2.24) is 14.9 Å². The first-order chi connectivity index (χ1) is 12.2. The molecule has 1 aromatic carbocycles. The molecule has 25 heavy (non-hydrogen) atoms. The molecule has 0 aliphatic heterocycles. The zero-order valence-corrected chi connectivity index (χ0v) is 14.3. The Balaban J connectivity index is 1.82. The number of pyridine rings is 1. The third kappa shape index (κ3) is 3.21. The Morgan fingerprint density at radius 2 is 1.80 bits per heavy atom. The number of amides is 1. The lowest BCUT2D eigenvalue weighted by atomic mass is 10.1. The summed E-state index contributed by atoms with van der Waals surface area (Å²) in [5.74, 6) is 1.54. The number of nitrogens with zero attached hydrogens (tertiary/aromatic N) is 2. The van der Waals surface area contributed by atoms with Crippen LogP contribution >= 0.6 is 0 Å². The number of methoxy groups -OCH3 is 3. The average Bonchev–Trinajstić information content (AvgIpc) is 3.09. The van der Waals surface area contributed by atoms with Crippen molar-refractivity contribution in [1.29, 1.82) is 0 Å². The second-order valence-electron chi connectivity index (χ2n) is 5.29. The van der Waals surface area contributed by atoms with E-state index in [-0.39, 0.29) is 12.5 Å². The molecule has 0 aliphatic carbocycles.